The minimum Gasteiger partial charge on any atom is -0.383 e. The minimum atomic E-state index is -0.878. The summed E-state index contributed by atoms with van der Waals surface area (Å²) in [6.07, 6.45) is 4.79. The van der Waals surface area contributed by atoms with Gasteiger partial charge in [0.15, 0.2) is 0 Å². The van der Waals surface area contributed by atoms with Crippen LogP contribution in [0.15, 0.2) is 12.3 Å². The molecule has 0 saturated heterocycles. The Morgan fingerprint density at radius 3 is 3.11 bits per heavy atom. The number of carbonyl (C=O) groups is 1. The Morgan fingerprint density at radius 1 is 1.67 bits per heavy atom. The van der Waals surface area contributed by atoms with Gasteiger partial charge < -0.3 is 10.4 Å². The van der Waals surface area contributed by atoms with Crippen LogP contribution in [0.25, 0.3) is 0 Å². The van der Waals surface area contributed by atoms with E-state index >= 15 is 0 Å². The summed E-state index contributed by atoms with van der Waals surface area (Å²) in [5, 5.41) is 16.3. The number of hydrogen-bond donors (Lipinski definition) is 2. The summed E-state index contributed by atoms with van der Waals surface area (Å²) >= 11 is 0. The van der Waals surface area contributed by atoms with Gasteiger partial charge in [-0.15, -0.1) is 0 Å². The predicted octanol–water partition coefficient (Wildman–Crippen LogP) is 1.04. The molecule has 0 bridgehead atoms. The Labute approximate surface area is 107 Å². The van der Waals surface area contributed by atoms with Crippen LogP contribution in [0.3, 0.4) is 0 Å². The van der Waals surface area contributed by atoms with Gasteiger partial charge in [-0.2, -0.15) is 5.10 Å². The minimum absolute atomic E-state index is 0.277. The van der Waals surface area contributed by atoms with E-state index in [0.717, 1.165) is 13.0 Å². The van der Waals surface area contributed by atoms with E-state index in [0.29, 0.717) is 18.9 Å². The molecule has 0 spiro atoms. The van der Waals surface area contributed by atoms with Gasteiger partial charge in [-0.3, -0.25) is 9.48 Å². The van der Waals surface area contributed by atoms with E-state index in [9.17, 15) is 9.90 Å². The normalized spacial score (nSPS) is 16.6. The Morgan fingerprint density at radius 2 is 2.44 bits per heavy atom. The quantitative estimate of drug-likeness (QED) is 0.711. The summed E-state index contributed by atoms with van der Waals surface area (Å²) in [7, 11) is 0. The van der Waals surface area contributed by atoms with Crippen LogP contribution >= 0.6 is 0 Å². The standard InChI is InChI=1S/C13H21N3O2/c1-2-12(17)13(18)14-7-3-9-16-11(6-8-15-16)10-4-5-10/h6,8,10,12,17H,2-5,7,9H2,1H3,(H,14,18)/t12-/m1/s1. The molecule has 1 saturated carbocycles. The fourth-order valence-corrected chi connectivity index (χ4v) is 2.00. The van der Waals surface area contributed by atoms with Crippen LogP contribution in [0, 0.1) is 0 Å². The maximum Gasteiger partial charge on any atom is 0.248 e. The van der Waals surface area contributed by atoms with Gasteiger partial charge in [0.05, 0.1) is 0 Å². The summed E-state index contributed by atoms with van der Waals surface area (Å²) in [6.45, 7) is 3.19. The first-order chi connectivity index (χ1) is 8.72. The highest BCUT2D eigenvalue weighted by Gasteiger charge is 2.26. The Bertz CT molecular complexity index is 399. The molecule has 5 nitrogen and oxygen atoms in total. The molecule has 0 unspecified atom stereocenters. The number of aliphatic hydroxyl groups excluding tert-OH is 1. The molecule has 2 N–H and O–H groups in total. The van der Waals surface area contributed by atoms with E-state index < -0.39 is 6.10 Å². The summed E-state index contributed by atoms with van der Waals surface area (Å²) < 4.78 is 2.03. The fraction of sp³-hybridized carbons (Fsp3) is 0.692. The summed E-state index contributed by atoms with van der Waals surface area (Å²) in [6, 6.07) is 2.08. The van der Waals surface area contributed by atoms with Gasteiger partial charge >= 0.3 is 0 Å². The zero-order chi connectivity index (χ0) is 13.0. The van der Waals surface area contributed by atoms with Crippen LogP contribution < -0.4 is 5.32 Å². The van der Waals surface area contributed by atoms with E-state index in [1.165, 1.54) is 18.5 Å². The molecular weight excluding hydrogens is 230 g/mol. The van der Waals surface area contributed by atoms with E-state index in [2.05, 4.69) is 16.5 Å². The zero-order valence-electron chi connectivity index (χ0n) is 10.8. The average molecular weight is 251 g/mol. The number of aliphatic hydroxyl groups is 1. The third-order valence-corrected chi connectivity index (χ3v) is 3.28. The number of carbonyl (C=O) groups excluding carboxylic acids is 1. The van der Waals surface area contributed by atoms with E-state index in [1.807, 2.05) is 10.9 Å². The van der Waals surface area contributed by atoms with Gasteiger partial charge in [-0.25, -0.2) is 0 Å². The molecule has 1 fully saturated rings. The van der Waals surface area contributed by atoms with Gasteiger partial charge in [0, 0.05) is 30.9 Å². The molecule has 2 rings (SSSR count). The molecule has 1 aromatic rings. The van der Waals surface area contributed by atoms with Gasteiger partial charge in [0.25, 0.3) is 0 Å². The molecule has 5 heteroatoms. The van der Waals surface area contributed by atoms with E-state index in [1.54, 1.807) is 6.92 Å². The van der Waals surface area contributed by atoms with Gasteiger partial charge in [0.1, 0.15) is 6.10 Å². The van der Waals surface area contributed by atoms with Crippen molar-refractivity contribution in [2.24, 2.45) is 0 Å². The fourth-order valence-electron chi connectivity index (χ4n) is 2.00. The lowest BCUT2D eigenvalue weighted by molar-refractivity contribution is -0.129. The summed E-state index contributed by atoms with van der Waals surface area (Å²) in [5.41, 5.74) is 1.31. The predicted molar refractivity (Wildman–Crippen MR) is 68.1 cm³/mol. The molecule has 100 valence electrons. The second-order valence-electron chi connectivity index (χ2n) is 4.82. The SMILES string of the molecule is CC[C@@H](O)C(=O)NCCCn1nccc1C1CC1. The van der Waals surface area contributed by atoms with Gasteiger partial charge in [-0.1, -0.05) is 6.92 Å². The number of rotatable bonds is 7. The molecule has 0 aliphatic heterocycles. The molecule has 1 aromatic heterocycles. The first kappa shape index (κ1) is 13.1. The number of nitrogens with one attached hydrogen (secondary N) is 1. The van der Waals surface area contributed by atoms with Crippen molar-refractivity contribution in [1.29, 1.82) is 0 Å². The highest BCUT2D eigenvalue weighted by molar-refractivity contribution is 5.80. The molecular formula is C13H21N3O2. The lowest BCUT2D eigenvalue weighted by Crippen LogP contribution is -2.35. The van der Waals surface area contributed by atoms with Crippen LogP contribution in [0.2, 0.25) is 0 Å². The number of nitrogens with zero attached hydrogens (tertiary/aromatic N) is 2. The van der Waals surface area contributed by atoms with Crippen molar-refractivity contribution in [2.45, 2.75) is 51.2 Å². The summed E-state index contributed by atoms with van der Waals surface area (Å²) in [4.78, 5) is 11.3. The Hall–Kier alpha value is -1.36. The molecule has 0 aromatic carbocycles. The second kappa shape index (κ2) is 6.00. The molecule has 1 aliphatic carbocycles. The molecule has 1 atom stereocenters. The highest BCUT2D eigenvalue weighted by atomic mass is 16.3. The molecule has 1 amide bonds. The van der Waals surface area contributed by atoms with Crippen molar-refractivity contribution in [3.8, 4) is 0 Å². The zero-order valence-corrected chi connectivity index (χ0v) is 10.8. The first-order valence-corrected chi connectivity index (χ1v) is 6.70. The number of amides is 1. The van der Waals surface area contributed by atoms with Crippen molar-refractivity contribution in [3.63, 3.8) is 0 Å². The smallest absolute Gasteiger partial charge is 0.248 e. The Kier molecular flexibility index (Phi) is 4.36. The third kappa shape index (κ3) is 3.32. The van der Waals surface area contributed by atoms with Crippen molar-refractivity contribution in [1.82, 2.24) is 15.1 Å². The van der Waals surface area contributed by atoms with E-state index in [4.69, 9.17) is 0 Å². The molecule has 1 aliphatic rings. The van der Waals surface area contributed by atoms with Crippen LogP contribution in [0.1, 0.15) is 44.2 Å². The first-order valence-electron chi connectivity index (χ1n) is 6.70. The highest BCUT2D eigenvalue weighted by Crippen LogP contribution is 2.39. The third-order valence-electron chi connectivity index (χ3n) is 3.28. The molecule has 0 radical (unpaired) electrons. The van der Waals surface area contributed by atoms with Crippen LogP contribution in [-0.4, -0.2) is 33.4 Å². The maximum absolute atomic E-state index is 11.3. The average Bonchev–Trinajstić information content (AvgIpc) is 3.13. The number of hydrogen-bond acceptors (Lipinski definition) is 3. The van der Waals surface area contributed by atoms with Crippen molar-refractivity contribution in [2.75, 3.05) is 6.54 Å². The topological polar surface area (TPSA) is 67.2 Å². The van der Waals surface area contributed by atoms with Crippen LogP contribution in [0.5, 0.6) is 0 Å². The van der Waals surface area contributed by atoms with Crippen LogP contribution in [0.4, 0.5) is 0 Å². The largest absolute Gasteiger partial charge is 0.383 e. The van der Waals surface area contributed by atoms with Crippen molar-refractivity contribution < 1.29 is 9.90 Å². The number of aromatic nitrogens is 2. The summed E-state index contributed by atoms with van der Waals surface area (Å²) in [5.74, 6) is 0.421. The Balaban J connectivity index is 1.69. The maximum atomic E-state index is 11.3. The monoisotopic (exact) mass is 251 g/mol. The van der Waals surface area contributed by atoms with Crippen molar-refractivity contribution in [3.05, 3.63) is 18.0 Å². The van der Waals surface area contributed by atoms with Gasteiger partial charge in [-0.05, 0) is 31.7 Å². The van der Waals surface area contributed by atoms with E-state index in [-0.39, 0.29) is 5.91 Å². The molecule has 1 heterocycles. The number of aryl methyl sites for hydroxylation is 1. The second-order valence-corrected chi connectivity index (χ2v) is 4.82. The molecule has 18 heavy (non-hydrogen) atoms. The van der Waals surface area contributed by atoms with Gasteiger partial charge in [0.2, 0.25) is 5.91 Å². The lowest BCUT2D eigenvalue weighted by atomic mass is 10.2. The lowest BCUT2D eigenvalue weighted by Gasteiger charge is -2.10. The van der Waals surface area contributed by atoms with Crippen molar-refractivity contribution >= 4 is 5.91 Å². The van der Waals surface area contributed by atoms with Crippen LogP contribution in [-0.2, 0) is 11.3 Å².